The SMILES string of the molecule is COc1ccc(NC(=O)c2ccc([C@H]3SCC(=O)N3CCc3ccccc3)cc2)cc1Cl. The molecule has 164 valence electrons. The van der Waals surface area contributed by atoms with Crippen LogP contribution < -0.4 is 10.1 Å². The van der Waals surface area contributed by atoms with E-state index in [0.717, 1.165) is 12.0 Å². The summed E-state index contributed by atoms with van der Waals surface area (Å²) in [4.78, 5) is 27.0. The molecule has 1 aliphatic rings. The molecule has 3 aromatic rings. The van der Waals surface area contributed by atoms with Crippen LogP contribution in [0.2, 0.25) is 5.02 Å². The van der Waals surface area contributed by atoms with E-state index in [2.05, 4.69) is 17.4 Å². The van der Waals surface area contributed by atoms with E-state index in [9.17, 15) is 9.59 Å². The van der Waals surface area contributed by atoms with Crippen LogP contribution in [0.25, 0.3) is 0 Å². The van der Waals surface area contributed by atoms with E-state index in [4.69, 9.17) is 16.3 Å². The van der Waals surface area contributed by atoms with Crippen LogP contribution in [-0.2, 0) is 11.2 Å². The molecular weight excluding hydrogens is 444 g/mol. The van der Waals surface area contributed by atoms with Crippen molar-refractivity contribution in [1.29, 1.82) is 0 Å². The summed E-state index contributed by atoms with van der Waals surface area (Å²) in [6, 6.07) is 22.7. The Hall–Kier alpha value is -2.96. The maximum Gasteiger partial charge on any atom is 0.255 e. The predicted molar refractivity (Wildman–Crippen MR) is 129 cm³/mol. The van der Waals surface area contributed by atoms with Gasteiger partial charge in [-0.3, -0.25) is 9.59 Å². The van der Waals surface area contributed by atoms with Crippen LogP contribution in [0.3, 0.4) is 0 Å². The van der Waals surface area contributed by atoms with Gasteiger partial charge in [0.2, 0.25) is 5.91 Å². The highest BCUT2D eigenvalue weighted by atomic mass is 35.5. The molecule has 1 heterocycles. The van der Waals surface area contributed by atoms with Gasteiger partial charge in [0.05, 0.1) is 17.9 Å². The summed E-state index contributed by atoms with van der Waals surface area (Å²) in [5.74, 6) is 0.942. The normalized spacial score (nSPS) is 15.6. The number of nitrogens with zero attached hydrogens (tertiary/aromatic N) is 1. The lowest BCUT2D eigenvalue weighted by Gasteiger charge is -2.24. The quantitative estimate of drug-likeness (QED) is 0.505. The van der Waals surface area contributed by atoms with Crippen molar-refractivity contribution in [3.8, 4) is 5.75 Å². The first-order chi connectivity index (χ1) is 15.5. The van der Waals surface area contributed by atoms with Crippen molar-refractivity contribution in [2.75, 3.05) is 24.7 Å². The van der Waals surface area contributed by atoms with Crippen molar-refractivity contribution in [3.63, 3.8) is 0 Å². The molecule has 5 nitrogen and oxygen atoms in total. The number of thioether (sulfide) groups is 1. The largest absolute Gasteiger partial charge is 0.495 e. The lowest BCUT2D eigenvalue weighted by atomic mass is 10.1. The molecule has 0 aromatic heterocycles. The van der Waals surface area contributed by atoms with Gasteiger partial charge in [0.25, 0.3) is 5.91 Å². The third-order valence-electron chi connectivity index (χ3n) is 5.32. The van der Waals surface area contributed by atoms with Crippen molar-refractivity contribution in [1.82, 2.24) is 4.90 Å². The summed E-state index contributed by atoms with van der Waals surface area (Å²) >= 11 is 7.75. The van der Waals surface area contributed by atoms with Gasteiger partial charge in [-0.2, -0.15) is 0 Å². The van der Waals surface area contributed by atoms with Gasteiger partial charge in [0.1, 0.15) is 11.1 Å². The molecule has 1 aliphatic heterocycles. The number of nitrogens with one attached hydrogen (secondary N) is 1. The molecule has 0 radical (unpaired) electrons. The predicted octanol–water partition coefficient (Wildman–Crippen LogP) is 5.42. The Bertz CT molecular complexity index is 1110. The number of hydrogen-bond donors (Lipinski definition) is 1. The van der Waals surface area contributed by atoms with Crippen molar-refractivity contribution >= 4 is 40.9 Å². The van der Waals surface area contributed by atoms with E-state index < -0.39 is 0 Å². The van der Waals surface area contributed by atoms with Gasteiger partial charge >= 0.3 is 0 Å². The van der Waals surface area contributed by atoms with E-state index in [0.29, 0.717) is 34.3 Å². The minimum absolute atomic E-state index is 0.0382. The van der Waals surface area contributed by atoms with Crippen LogP contribution >= 0.6 is 23.4 Å². The van der Waals surface area contributed by atoms with E-state index in [1.54, 1.807) is 49.2 Å². The van der Waals surface area contributed by atoms with Crippen molar-refractivity contribution < 1.29 is 14.3 Å². The zero-order valence-electron chi connectivity index (χ0n) is 17.6. The molecule has 7 heteroatoms. The molecule has 0 unspecified atom stereocenters. The van der Waals surface area contributed by atoms with Crippen LogP contribution in [0.1, 0.15) is 26.9 Å². The van der Waals surface area contributed by atoms with E-state index in [-0.39, 0.29) is 17.2 Å². The summed E-state index contributed by atoms with van der Waals surface area (Å²) in [7, 11) is 1.54. The van der Waals surface area contributed by atoms with Crippen LogP contribution in [0.4, 0.5) is 5.69 Å². The number of amides is 2. The molecule has 0 saturated carbocycles. The summed E-state index contributed by atoms with van der Waals surface area (Å²) in [6.45, 7) is 0.668. The highest BCUT2D eigenvalue weighted by molar-refractivity contribution is 8.00. The summed E-state index contributed by atoms with van der Waals surface area (Å²) < 4.78 is 5.14. The van der Waals surface area contributed by atoms with Gasteiger partial charge in [-0.15, -0.1) is 11.8 Å². The minimum atomic E-state index is -0.228. The second-order valence-electron chi connectivity index (χ2n) is 7.41. The molecule has 32 heavy (non-hydrogen) atoms. The molecule has 0 bridgehead atoms. The maximum absolute atomic E-state index is 12.6. The van der Waals surface area contributed by atoms with Crippen molar-refractivity contribution in [2.24, 2.45) is 0 Å². The van der Waals surface area contributed by atoms with E-state index in [1.165, 1.54) is 5.56 Å². The Morgan fingerprint density at radius 1 is 1.12 bits per heavy atom. The van der Waals surface area contributed by atoms with Crippen molar-refractivity contribution in [3.05, 3.63) is 94.5 Å². The fourth-order valence-corrected chi connectivity index (χ4v) is 5.09. The Labute approximate surface area is 196 Å². The van der Waals surface area contributed by atoms with Gasteiger partial charge in [0, 0.05) is 17.8 Å². The van der Waals surface area contributed by atoms with E-state index in [1.807, 2.05) is 35.2 Å². The molecule has 1 saturated heterocycles. The lowest BCUT2D eigenvalue weighted by Crippen LogP contribution is -2.30. The highest BCUT2D eigenvalue weighted by Gasteiger charge is 2.32. The Kier molecular flexibility index (Phi) is 7.02. The number of methoxy groups -OCH3 is 1. The first kappa shape index (κ1) is 22.2. The molecular formula is C25H23ClN2O3S. The number of anilines is 1. The lowest BCUT2D eigenvalue weighted by molar-refractivity contribution is -0.128. The van der Waals surface area contributed by atoms with Gasteiger partial charge in [0.15, 0.2) is 0 Å². The maximum atomic E-state index is 12.6. The summed E-state index contributed by atoms with van der Waals surface area (Å²) in [5.41, 5.74) is 3.35. The Morgan fingerprint density at radius 2 is 1.88 bits per heavy atom. The van der Waals surface area contributed by atoms with Crippen LogP contribution in [0.15, 0.2) is 72.8 Å². The second kappa shape index (κ2) is 10.1. The van der Waals surface area contributed by atoms with Crippen LogP contribution in [0, 0.1) is 0 Å². The molecule has 1 N–H and O–H groups in total. The molecule has 1 atom stereocenters. The molecule has 0 aliphatic carbocycles. The standard InChI is InChI=1S/C25H23ClN2O3S/c1-31-22-12-11-20(15-21(22)26)27-24(30)18-7-9-19(10-8-18)25-28(23(29)16-32-25)14-13-17-5-3-2-4-6-17/h2-12,15,25H,13-14,16H2,1H3,(H,27,30)/t25-/m1/s1. The second-order valence-corrected chi connectivity index (χ2v) is 8.89. The number of halogens is 1. The number of carbonyl (C=O) groups is 2. The average Bonchev–Trinajstić information content (AvgIpc) is 3.19. The average molecular weight is 467 g/mol. The topological polar surface area (TPSA) is 58.6 Å². The molecule has 4 rings (SSSR count). The highest BCUT2D eigenvalue weighted by Crippen LogP contribution is 2.38. The number of carbonyl (C=O) groups excluding carboxylic acids is 2. The van der Waals surface area contributed by atoms with Crippen LogP contribution in [0.5, 0.6) is 5.75 Å². The summed E-state index contributed by atoms with van der Waals surface area (Å²) in [6.07, 6.45) is 0.814. The number of rotatable bonds is 7. The molecule has 0 spiro atoms. The third-order valence-corrected chi connectivity index (χ3v) is 6.87. The van der Waals surface area contributed by atoms with Crippen LogP contribution in [-0.4, -0.2) is 36.1 Å². The number of hydrogen-bond acceptors (Lipinski definition) is 4. The molecule has 1 fully saturated rings. The zero-order valence-corrected chi connectivity index (χ0v) is 19.2. The van der Waals surface area contributed by atoms with Gasteiger partial charge < -0.3 is 15.0 Å². The number of ether oxygens (including phenoxy) is 1. The molecule has 3 aromatic carbocycles. The first-order valence-corrected chi connectivity index (χ1v) is 11.7. The number of benzene rings is 3. The Morgan fingerprint density at radius 3 is 2.56 bits per heavy atom. The first-order valence-electron chi connectivity index (χ1n) is 10.2. The zero-order chi connectivity index (χ0) is 22.5. The fraction of sp³-hybridized carbons (Fsp3) is 0.200. The van der Waals surface area contributed by atoms with Crippen molar-refractivity contribution in [2.45, 2.75) is 11.8 Å². The Balaban J connectivity index is 1.42. The van der Waals surface area contributed by atoms with E-state index >= 15 is 0 Å². The van der Waals surface area contributed by atoms with Gasteiger partial charge in [-0.05, 0) is 47.9 Å². The fourth-order valence-electron chi connectivity index (χ4n) is 3.61. The van der Waals surface area contributed by atoms with Gasteiger partial charge in [-0.25, -0.2) is 0 Å². The third kappa shape index (κ3) is 5.09. The minimum Gasteiger partial charge on any atom is -0.495 e. The monoisotopic (exact) mass is 466 g/mol. The molecule has 2 amide bonds. The summed E-state index contributed by atoms with van der Waals surface area (Å²) in [5, 5.41) is 3.24. The van der Waals surface area contributed by atoms with Gasteiger partial charge in [-0.1, -0.05) is 54.1 Å². The smallest absolute Gasteiger partial charge is 0.255 e.